The lowest BCUT2D eigenvalue weighted by Crippen LogP contribution is -2.13. The Bertz CT molecular complexity index is 372. The van der Waals surface area contributed by atoms with Gasteiger partial charge in [-0.15, -0.1) is 0 Å². The highest BCUT2D eigenvalue weighted by Gasteiger charge is 2.22. The maximum Gasteiger partial charge on any atom is 0.300 e. The molecular weight excluding hydrogens is 193 g/mol. The smallest absolute Gasteiger partial charge is 0.288 e. The number of alkyl halides is 2. The lowest BCUT2D eigenvalue weighted by Gasteiger charge is -2.05. The van der Waals surface area contributed by atoms with Crippen molar-refractivity contribution in [3.05, 3.63) is 34.6 Å². The zero-order chi connectivity index (χ0) is 10.9. The summed E-state index contributed by atoms with van der Waals surface area (Å²) in [5.74, 6) is -2.32. The molecule has 0 radical (unpaired) electrons. The quantitative estimate of drug-likeness (QED) is 0.674. The Hall–Kier alpha value is -1.32. The monoisotopic (exact) mass is 202 g/mol. The van der Waals surface area contributed by atoms with E-state index in [0.717, 1.165) is 6.07 Å². The zero-order valence-corrected chi connectivity index (χ0v) is 7.77. The molecule has 0 spiro atoms. The fraction of sp³-hybridized carbons (Fsp3) is 0.300. The number of hydrogen-bond donors (Lipinski definition) is 0. The number of carbonyl (C=O) groups is 1. The Kier molecular flexibility index (Phi) is 2.93. The van der Waals surface area contributed by atoms with E-state index in [9.17, 15) is 18.0 Å². The zero-order valence-electron chi connectivity index (χ0n) is 7.77. The summed E-state index contributed by atoms with van der Waals surface area (Å²) in [6.45, 7) is 3.05. The summed E-state index contributed by atoms with van der Waals surface area (Å²) in [7, 11) is 0. The molecule has 1 aromatic rings. The van der Waals surface area contributed by atoms with Crippen LogP contribution in [0.25, 0.3) is 0 Å². The Morgan fingerprint density at radius 3 is 2.36 bits per heavy atom. The van der Waals surface area contributed by atoms with E-state index in [1.54, 1.807) is 6.92 Å². The van der Waals surface area contributed by atoms with Crippen LogP contribution in [0.5, 0.6) is 0 Å². The second-order valence-electron chi connectivity index (χ2n) is 3.11. The van der Waals surface area contributed by atoms with Crippen LogP contribution in [0, 0.1) is 19.7 Å². The van der Waals surface area contributed by atoms with Crippen molar-refractivity contribution in [3.63, 3.8) is 0 Å². The van der Waals surface area contributed by atoms with Gasteiger partial charge in [-0.1, -0.05) is 6.07 Å². The van der Waals surface area contributed by atoms with Crippen molar-refractivity contribution in [1.82, 2.24) is 0 Å². The van der Waals surface area contributed by atoms with Crippen molar-refractivity contribution in [2.24, 2.45) is 0 Å². The lowest BCUT2D eigenvalue weighted by atomic mass is 10.0. The molecule has 0 N–H and O–H groups in total. The van der Waals surface area contributed by atoms with Gasteiger partial charge < -0.3 is 0 Å². The van der Waals surface area contributed by atoms with Gasteiger partial charge in [-0.05, 0) is 31.0 Å². The van der Waals surface area contributed by atoms with Crippen molar-refractivity contribution >= 4 is 5.78 Å². The molecule has 0 aliphatic rings. The van der Waals surface area contributed by atoms with Crippen LogP contribution in [-0.2, 0) is 0 Å². The van der Waals surface area contributed by atoms with Crippen molar-refractivity contribution in [2.45, 2.75) is 20.3 Å². The Morgan fingerprint density at radius 1 is 1.29 bits per heavy atom. The Morgan fingerprint density at radius 2 is 1.86 bits per heavy atom. The number of hydrogen-bond acceptors (Lipinski definition) is 1. The third-order valence-electron chi connectivity index (χ3n) is 1.86. The molecule has 0 aromatic heterocycles. The van der Waals surface area contributed by atoms with E-state index >= 15 is 0 Å². The van der Waals surface area contributed by atoms with E-state index in [1.165, 1.54) is 13.0 Å². The minimum Gasteiger partial charge on any atom is -0.288 e. The molecule has 1 aromatic carbocycles. The first kappa shape index (κ1) is 10.8. The molecule has 0 aliphatic heterocycles. The number of aryl methyl sites for hydroxylation is 2. The molecule has 0 heterocycles. The highest BCUT2D eigenvalue weighted by Crippen LogP contribution is 2.18. The van der Waals surface area contributed by atoms with Crippen LogP contribution < -0.4 is 0 Å². The average molecular weight is 202 g/mol. The van der Waals surface area contributed by atoms with Gasteiger partial charge in [0.15, 0.2) is 0 Å². The van der Waals surface area contributed by atoms with Gasteiger partial charge in [0.05, 0.1) is 5.56 Å². The highest BCUT2D eigenvalue weighted by atomic mass is 19.3. The van der Waals surface area contributed by atoms with Gasteiger partial charge in [-0.3, -0.25) is 4.79 Å². The van der Waals surface area contributed by atoms with E-state index < -0.39 is 23.6 Å². The first-order valence-corrected chi connectivity index (χ1v) is 4.02. The maximum atomic E-state index is 13.2. The molecule has 0 unspecified atom stereocenters. The van der Waals surface area contributed by atoms with Crippen LogP contribution in [-0.4, -0.2) is 12.2 Å². The summed E-state index contributed by atoms with van der Waals surface area (Å²) in [6, 6.07) is 2.63. The van der Waals surface area contributed by atoms with Gasteiger partial charge in [0.25, 0.3) is 0 Å². The summed E-state index contributed by atoms with van der Waals surface area (Å²) >= 11 is 0. The number of benzene rings is 1. The second-order valence-corrected chi connectivity index (χ2v) is 3.11. The fourth-order valence-corrected chi connectivity index (χ4v) is 1.25. The van der Waals surface area contributed by atoms with Crippen LogP contribution in [0.4, 0.5) is 13.2 Å². The topological polar surface area (TPSA) is 17.1 Å². The van der Waals surface area contributed by atoms with E-state index in [4.69, 9.17) is 0 Å². The Labute approximate surface area is 79.5 Å². The number of Topliss-reactive ketones (excluding diaryl/α,β-unsaturated/α-hetero) is 1. The predicted octanol–water partition coefficient (Wildman–Crippen LogP) is 2.89. The van der Waals surface area contributed by atoms with E-state index in [2.05, 4.69) is 0 Å². The van der Waals surface area contributed by atoms with Gasteiger partial charge in [0.2, 0.25) is 5.78 Å². The molecule has 0 fully saturated rings. The first-order chi connectivity index (χ1) is 6.43. The SMILES string of the molecule is Cc1cc(C)c(F)c(C(=O)C(F)F)c1. The first-order valence-electron chi connectivity index (χ1n) is 4.02. The molecule has 14 heavy (non-hydrogen) atoms. The molecule has 0 atom stereocenters. The van der Waals surface area contributed by atoms with Gasteiger partial charge >= 0.3 is 6.43 Å². The summed E-state index contributed by atoms with van der Waals surface area (Å²) in [4.78, 5) is 10.9. The van der Waals surface area contributed by atoms with Gasteiger partial charge in [-0.25, -0.2) is 13.2 Å². The number of ketones is 1. The minimum absolute atomic E-state index is 0.203. The van der Waals surface area contributed by atoms with Crippen LogP contribution >= 0.6 is 0 Å². The molecule has 0 saturated heterocycles. The summed E-state index contributed by atoms with van der Waals surface area (Å²) in [5, 5.41) is 0. The molecule has 0 aliphatic carbocycles. The van der Waals surface area contributed by atoms with E-state index in [-0.39, 0.29) is 5.56 Å². The molecule has 76 valence electrons. The molecule has 0 saturated carbocycles. The van der Waals surface area contributed by atoms with Gasteiger partial charge in [0, 0.05) is 0 Å². The lowest BCUT2D eigenvalue weighted by molar-refractivity contribution is 0.0674. The predicted molar refractivity (Wildman–Crippen MR) is 46.2 cm³/mol. The van der Waals surface area contributed by atoms with Crippen molar-refractivity contribution in [1.29, 1.82) is 0 Å². The summed E-state index contributed by atoms with van der Waals surface area (Å²) in [6.07, 6.45) is -3.16. The van der Waals surface area contributed by atoms with Crippen LogP contribution in [0.3, 0.4) is 0 Å². The normalized spacial score (nSPS) is 10.7. The third-order valence-corrected chi connectivity index (χ3v) is 1.86. The fourth-order valence-electron chi connectivity index (χ4n) is 1.25. The standard InChI is InChI=1S/C10H9F3O/c1-5-3-6(2)8(11)7(4-5)9(14)10(12)13/h3-4,10H,1-2H3. The van der Waals surface area contributed by atoms with Crippen molar-refractivity contribution < 1.29 is 18.0 Å². The molecule has 0 amide bonds. The third kappa shape index (κ3) is 1.95. The number of carbonyl (C=O) groups excluding carboxylic acids is 1. The van der Waals surface area contributed by atoms with E-state index in [0.29, 0.717) is 5.56 Å². The molecule has 1 rings (SSSR count). The van der Waals surface area contributed by atoms with E-state index in [1.807, 2.05) is 0 Å². The Balaban J connectivity index is 3.27. The summed E-state index contributed by atoms with van der Waals surface area (Å²) in [5.41, 5.74) is 0.263. The van der Waals surface area contributed by atoms with Crippen LogP contribution in [0.1, 0.15) is 21.5 Å². The molecule has 1 nitrogen and oxygen atoms in total. The highest BCUT2D eigenvalue weighted by molar-refractivity contribution is 5.99. The summed E-state index contributed by atoms with van der Waals surface area (Å²) < 4.78 is 37.3. The van der Waals surface area contributed by atoms with Crippen molar-refractivity contribution in [2.75, 3.05) is 0 Å². The molecular formula is C10H9F3O. The van der Waals surface area contributed by atoms with Crippen molar-refractivity contribution in [3.8, 4) is 0 Å². The number of rotatable bonds is 2. The van der Waals surface area contributed by atoms with Gasteiger partial charge in [0.1, 0.15) is 5.82 Å². The molecule has 0 bridgehead atoms. The maximum absolute atomic E-state index is 13.2. The number of halogens is 3. The average Bonchev–Trinajstić information content (AvgIpc) is 2.09. The van der Waals surface area contributed by atoms with Crippen LogP contribution in [0.15, 0.2) is 12.1 Å². The largest absolute Gasteiger partial charge is 0.300 e. The van der Waals surface area contributed by atoms with Gasteiger partial charge in [-0.2, -0.15) is 0 Å². The minimum atomic E-state index is -3.16. The molecule has 4 heteroatoms. The second kappa shape index (κ2) is 3.82. The van der Waals surface area contributed by atoms with Crippen LogP contribution in [0.2, 0.25) is 0 Å².